The first kappa shape index (κ1) is 14.5. The van der Waals surface area contributed by atoms with Crippen LogP contribution in [0.5, 0.6) is 11.5 Å². The van der Waals surface area contributed by atoms with Crippen molar-refractivity contribution in [1.82, 2.24) is 5.32 Å². The molecule has 0 fully saturated rings. The van der Waals surface area contributed by atoms with Crippen LogP contribution in [0.4, 0.5) is 4.39 Å². The molecule has 0 amide bonds. The Labute approximate surface area is 119 Å². The van der Waals surface area contributed by atoms with E-state index in [1.54, 1.807) is 12.1 Å². The fourth-order valence-electron chi connectivity index (χ4n) is 1.87. The number of aryl methyl sites for hydroxylation is 1. The van der Waals surface area contributed by atoms with Crippen molar-refractivity contribution >= 4 is 0 Å². The lowest BCUT2D eigenvalue weighted by Gasteiger charge is -2.14. The second-order valence-corrected chi connectivity index (χ2v) is 5.18. The average molecular weight is 273 g/mol. The van der Waals surface area contributed by atoms with Crippen molar-refractivity contribution in [2.75, 3.05) is 0 Å². The third-order valence-corrected chi connectivity index (χ3v) is 2.98. The number of para-hydroxylation sites is 1. The molecule has 0 aliphatic heterocycles. The second-order valence-electron chi connectivity index (χ2n) is 5.18. The molecule has 0 aliphatic carbocycles. The van der Waals surface area contributed by atoms with Crippen molar-refractivity contribution in [3.8, 4) is 11.5 Å². The van der Waals surface area contributed by atoms with E-state index in [0.717, 1.165) is 11.1 Å². The maximum atomic E-state index is 13.8. The maximum absolute atomic E-state index is 13.8. The molecule has 2 aromatic rings. The molecular formula is C17H20FNO. The minimum Gasteiger partial charge on any atom is -0.454 e. The summed E-state index contributed by atoms with van der Waals surface area (Å²) >= 11 is 0. The molecule has 1 N–H and O–H groups in total. The molecular weight excluding hydrogens is 253 g/mol. The molecule has 0 unspecified atom stereocenters. The van der Waals surface area contributed by atoms with Crippen molar-refractivity contribution in [1.29, 1.82) is 0 Å². The molecule has 2 nitrogen and oxygen atoms in total. The quantitative estimate of drug-likeness (QED) is 0.870. The Morgan fingerprint density at radius 2 is 1.85 bits per heavy atom. The summed E-state index contributed by atoms with van der Waals surface area (Å²) in [6, 6.07) is 12.9. The third-order valence-electron chi connectivity index (χ3n) is 2.98. The van der Waals surface area contributed by atoms with Crippen LogP contribution in [0.25, 0.3) is 0 Å². The van der Waals surface area contributed by atoms with Crippen LogP contribution in [0.1, 0.15) is 25.0 Å². The largest absolute Gasteiger partial charge is 0.454 e. The summed E-state index contributed by atoms with van der Waals surface area (Å²) in [6.45, 7) is 6.78. The average Bonchev–Trinajstić information content (AvgIpc) is 2.42. The molecule has 0 heterocycles. The fourth-order valence-corrected chi connectivity index (χ4v) is 1.87. The van der Waals surface area contributed by atoms with Crippen LogP contribution in [0.15, 0.2) is 42.5 Å². The van der Waals surface area contributed by atoms with Gasteiger partial charge in [0.2, 0.25) is 0 Å². The molecule has 0 radical (unpaired) electrons. The van der Waals surface area contributed by atoms with Crippen LogP contribution >= 0.6 is 0 Å². The Bertz CT molecular complexity index is 581. The molecule has 106 valence electrons. The highest BCUT2D eigenvalue weighted by molar-refractivity contribution is 5.39. The van der Waals surface area contributed by atoms with Crippen LogP contribution in [0.2, 0.25) is 0 Å². The highest BCUT2D eigenvalue weighted by Crippen LogP contribution is 2.28. The van der Waals surface area contributed by atoms with Gasteiger partial charge in [0.1, 0.15) is 5.75 Å². The fraction of sp³-hybridized carbons (Fsp3) is 0.294. The van der Waals surface area contributed by atoms with Gasteiger partial charge in [0.25, 0.3) is 0 Å². The van der Waals surface area contributed by atoms with E-state index < -0.39 is 0 Å². The van der Waals surface area contributed by atoms with Crippen LogP contribution in [-0.4, -0.2) is 6.04 Å². The van der Waals surface area contributed by atoms with E-state index in [9.17, 15) is 4.39 Å². The first-order chi connectivity index (χ1) is 9.56. The maximum Gasteiger partial charge on any atom is 0.165 e. The van der Waals surface area contributed by atoms with Gasteiger partial charge in [-0.15, -0.1) is 0 Å². The predicted octanol–water partition coefficient (Wildman–Crippen LogP) is 4.42. The highest BCUT2D eigenvalue weighted by Gasteiger charge is 2.08. The Balaban J connectivity index is 2.22. The van der Waals surface area contributed by atoms with E-state index in [4.69, 9.17) is 4.74 Å². The summed E-state index contributed by atoms with van der Waals surface area (Å²) in [4.78, 5) is 0. The lowest BCUT2D eigenvalue weighted by molar-refractivity contribution is 0.434. The minimum atomic E-state index is -0.345. The number of hydrogen-bond donors (Lipinski definition) is 1. The predicted molar refractivity (Wildman–Crippen MR) is 79.6 cm³/mol. The van der Waals surface area contributed by atoms with Gasteiger partial charge >= 0.3 is 0 Å². The van der Waals surface area contributed by atoms with Crippen molar-refractivity contribution < 1.29 is 9.13 Å². The standard InChI is InChI=1S/C17H20FNO/c1-12(2)19-11-14-6-4-5-7-16(14)20-17-10-13(3)8-9-15(17)18/h4-10,12,19H,11H2,1-3H3. The summed E-state index contributed by atoms with van der Waals surface area (Å²) < 4.78 is 19.5. The molecule has 20 heavy (non-hydrogen) atoms. The van der Waals surface area contributed by atoms with Gasteiger partial charge in [0.05, 0.1) is 0 Å². The molecule has 2 aromatic carbocycles. The first-order valence-electron chi connectivity index (χ1n) is 6.81. The summed E-state index contributed by atoms with van der Waals surface area (Å²) in [7, 11) is 0. The highest BCUT2D eigenvalue weighted by atomic mass is 19.1. The van der Waals surface area contributed by atoms with E-state index in [-0.39, 0.29) is 11.6 Å². The van der Waals surface area contributed by atoms with Crippen molar-refractivity contribution in [3.05, 3.63) is 59.4 Å². The summed E-state index contributed by atoms with van der Waals surface area (Å²) in [5, 5.41) is 3.34. The smallest absolute Gasteiger partial charge is 0.165 e. The number of ether oxygens (including phenoxy) is 1. The van der Waals surface area contributed by atoms with Gasteiger partial charge in [-0.3, -0.25) is 0 Å². The van der Waals surface area contributed by atoms with E-state index in [2.05, 4.69) is 19.2 Å². The van der Waals surface area contributed by atoms with E-state index >= 15 is 0 Å². The topological polar surface area (TPSA) is 21.3 Å². The summed E-state index contributed by atoms with van der Waals surface area (Å²) in [5.41, 5.74) is 1.99. The number of rotatable bonds is 5. The van der Waals surface area contributed by atoms with Crippen molar-refractivity contribution in [2.24, 2.45) is 0 Å². The molecule has 0 bridgehead atoms. The Morgan fingerprint density at radius 1 is 1.10 bits per heavy atom. The number of hydrogen-bond acceptors (Lipinski definition) is 2. The van der Waals surface area contributed by atoms with E-state index in [0.29, 0.717) is 18.3 Å². The van der Waals surface area contributed by atoms with Crippen LogP contribution < -0.4 is 10.1 Å². The van der Waals surface area contributed by atoms with Gasteiger partial charge in [0.15, 0.2) is 11.6 Å². The zero-order valence-electron chi connectivity index (χ0n) is 12.1. The second kappa shape index (κ2) is 6.53. The number of nitrogens with one attached hydrogen (secondary N) is 1. The van der Waals surface area contributed by atoms with Crippen molar-refractivity contribution in [2.45, 2.75) is 33.4 Å². The zero-order valence-corrected chi connectivity index (χ0v) is 12.1. The molecule has 0 saturated carbocycles. The normalized spacial score (nSPS) is 10.8. The molecule has 0 spiro atoms. The third kappa shape index (κ3) is 3.81. The Hall–Kier alpha value is -1.87. The minimum absolute atomic E-state index is 0.266. The van der Waals surface area contributed by atoms with Crippen LogP contribution in [0.3, 0.4) is 0 Å². The molecule has 0 saturated heterocycles. The lowest BCUT2D eigenvalue weighted by atomic mass is 10.2. The molecule has 0 aliphatic rings. The molecule has 0 atom stereocenters. The number of benzene rings is 2. The van der Waals surface area contributed by atoms with Crippen LogP contribution in [-0.2, 0) is 6.54 Å². The molecule has 2 rings (SSSR count). The zero-order chi connectivity index (χ0) is 14.5. The number of halogens is 1. The Morgan fingerprint density at radius 3 is 2.60 bits per heavy atom. The van der Waals surface area contributed by atoms with Crippen molar-refractivity contribution in [3.63, 3.8) is 0 Å². The molecule has 0 aromatic heterocycles. The summed E-state index contributed by atoms with van der Waals surface area (Å²) in [6.07, 6.45) is 0. The Kier molecular flexibility index (Phi) is 4.74. The van der Waals surface area contributed by atoms with Gasteiger partial charge < -0.3 is 10.1 Å². The first-order valence-corrected chi connectivity index (χ1v) is 6.81. The van der Waals surface area contributed by atoms with Gasteiger partial charge in [-0.2, -0.15) is 0 Å². The lowest BCUT2D eigenvalue weighted by Crippen LogP contribution is -2.22. The van der Waals surface area contributed by atoms with Gasteiger partial charge in [-0.05, 0) is 30.7 Å². The van der Waals surface area contributed by atoms with E-state index in [1.165, 1.54) is 6.07 Å². The van der Waals surface area contributed by atoms with Crippen LogP contribution in [0, 0.1) is 12.7 Å². The van der Waals surface area contributed by atoms with Gasteiger partial charge in [0, 0.05) is 18.2 Å². The SMILES string of the molecule is Cc1ccc(F)c(Oc2ccccc2CNC(C)C)c1. The summed E-state index contributed by atoms with van der Waals surface area (Å²) in [5.74, 6) is 0.606. The van der Waals surface area contributed by atoms with E-state index in [1.807, 2.05) is 31.2 Å². The molecule has 3 heteroatoms. The van der Waals surface area contributed by atoms with Gasteiger partial charge in [-0.25, -0.2) is 4.39 Å². The van der Waals surface area contributed by atoms with Gasteiger partial charge in [-0.1, -0.05) is 38.1 Å². The monoisotopic (exact) mass is 273 g/mol.